The fourth-order valence-electron chi connectivity index (χ4n) is 1.82. The SMILES string of the molecule is CCC(Br)C(=O)N1CCN(C)CC1C. The second-order valence-electron chi connectivity index (χ2n) is 4.02. The van der Waals surface area contributed by atoms with Gasteiger partial charge < -0.3 is 9.80 Å². The van der Waals surface area contributed by atoms with Crippen LogP contribution in [0.4, 0.5) is 0 Å². The first kappa shape index (κ1) is 12.0. The minimum atomic E-state index is -0.00615. The molecule has 14 heavy (non-hydrogen) atoms. The van der Waals surface area contributed by atoms with Crippen LogP contribution in [0.1, 0.15) is 20.3 Å². The number of amides is 1. The van der Waals surface area contributed by atoms with E-state index in [9.17, 15) is 4.79 Å². The number of rotatable bonds is 2. The highest BCUT2D eigenvalue weighted by Gasteiger charge is 2.28. The minimum absolute atomic E-state index is 0.00615. The molecule has 0 radical (unpaired) electrons. The van der Waals surface area contributed by atoms with Crippen LogP contribution in [0.25, 0.3) is 0 Å². The fourth-order valence-corrected chi connectivity index (χ4v) is 2.08. The van der Waals surface area contributed by atoms with Crippen LogP contribution in [-0.2, 0) is 4.79 Å². The zero-order chi connectivity index (χ0) is 10.7. The van der Waals surface area contributed by atoms with Gasteiger partial charge in [-0.3, -0.25) is 4.79 Å². The largest absolute Gasteiger partial charge is 0.336 e. The molecule has 0 aromatic heterocycles. The van der Waals surface area contributed by atoms with Gasteiger partial charge in [0, 0.05) is 25.7 Å². The van der Waals surface area contributed by atoms with Crippen LogP contribution >= 0.6 is 15.9 Å². The lowest BCUT2D eigenvalue weighted by molar-refractivity contribution is -0.134. The molecular weight excluding hydrogens is 244 g/mol. The lowest BCUT2D eigenvalue weighted by Crippen LogP contribution is -2.54. The summed E-state index contributed by atoms with van der Waals surface area (Å²) in [6.45, 7) is 6.97. The second kappa shape index (κ2) is 5.12. The summed E-state index contributed by atoms with van der Waals surface area (Å²) in [5.41, 5.74) is 0. The molecule has 1 heterocycles. The van der Waals surface area contributed by atoms with Gasteiger partial charge in [0.1, 0.15) is 0 Å². The van der Waals surface area contributed by atoms with Gasteiger partial charge in [-0.15, -0.1) is 0 Å². The topological polar surface area (TPSA) is 23.6 Å². The van der Waals surface area contributed by atoms with Crippen molar-refractivity contribution in [3.63, 3.8) is 0 Å². The first-order chi connectivity index (χ1) is 6.56. The van der Waals surface area contributed by atoms with Crippen molar-refractivity contribution in [1.82, 2.24) is 9.80 Å². The van der Waals surface area contributed by atoms with E-state index in [0.717, 1.165) is 26.1 Å². The van der Waals surface area contributed by atoms with Gasteiger partial charge in [0.2, 0.25) is 5.91 Å². The molecule has 0 aromatic carbocycles. The van der Waals surface area contributed by atoms with Crippen molar-refractivity contribution in [3.05, 3.63) is 0 Å². The number of halogens is 1. The molecule has 0 aliphatic carbocycles. The standard InChI is InChI=1S/C10H19BrN2O/c1-4-9(11)10(14)13-6-5-12(3)7-8(13)2/h8-9H,4-7H2,1-3H3. The first-order valence-electron chi connectivity index (χ1n) is 5.19. The summed E-state index contributed by atoms with van der Waals surface area (Å²) in [5, 5.41) is 0. The Bertz CT molecular complexity index is 210. The Kier molecular flexibility index (Phi) is 4.38. The van der Waals surface area contributed by atoms with E-state index in [-0.39, 0.29) is 10.7 Å². The molecular formula is C10H19BrN2O. The van der Waals surface area contributed by atoms with Crippen molar-refractivity contribution >= 4 is 21.8 Å². The average molecular weight is 263 g/mol. The van der Waals surface area contributed by atoms with Crippen molar-refractivity contribution in [1.29, 1.82) is 0 Å². The van der Waals surface area contributed by atoms with E-state index < -0.39 is 0 Å². The molecule has 0 aromatic rings. The number of alkyl halides is 1. The summed E-state index contributed by atoms with van der Waals surface area (Å²) < 4.78 is 0. The third-order valence-corrected chi connectivity index (χ3v) is 3.78. The maximum atomic E-state index is 11.9. The van der Waals surface area contributed by atoms with Gasteiger partial charge in [0.05, 0.1) is 4.83 Å². The molecule has 0 saturated carbocycles. The van der Waals surface area contributed by atoms with Gasteiger partial charge in [0.25, 0.3) is 0 Å². The molecule has 1 saturated heterocycles. The Labute approximate surface area is 94.6 Å². The number of hydrogen-bond acceptors (Lipinski definition) is 2. The Hall–Kier alpha value is -0.0900. The normalized spacial score (nSPS) is 26.3. The number of nitrogens with zero attached hydrogens (tertiary/aromatic N) is 2. The lowest BCUT2D eigenvalue weighted by Gasteiger charge is -2.39. The highest BCUT2D eigenvalue weighted by molar-refractivity contribution is 9.10. The first-order valence-corrected chi connectivity index (χ1v) is 6.11. The Balaban J connectivity index is 2.55. The molecule has 1 amide bonds. The van der Waals surface area contributed by atoms with Crippen molar-refractivity contribution in [2.24, 2.45) is 0 Å². The van der Waals surface area contributed by atoms with E-state index in [1.54, 1.807) is 0 Å². The van der Waals surface area contributed by atoms with Crippen molar-refractivity contribution in [3.8, 4) is 0 Å². The monoisotopic (exact) mass is 262 g/mol. The zero-order valence-corrected chi connectivity index (χ0v) is 10.7. The van der Waals surface area contributed by atoms with E-state index in [4.69, 9.17) is 0 Å². The van der Waals surface area contributed by atoms with Crippen LogP contribution < -0.4 is 0 Å². The van der Waals surface area contributed by atoms with Crippen molar-refractivity contribution < 1.29 is 4.79 Å². The summed E-state index contributed by atoms with van der Waals surface area (Å²) >= 11 is 3.42. The van der Waals surface area contributed by atoms with E-state index in [2.05, 4.69) is 34.8 Å². The predicted octanol–water partition coefficient (Wildman–Crippen LogP) is 1.32. The average Bonchev–Trinajstić information content (AvgIpc) is 2.15. The third-order valence-electron chi connectivity index (χ3n) is 2.74. The maximum absolute atomic E-state index is 11.9. The molecule has 1 aliphatic heterocycles. The van der Waals surface area contributed by atoms with Gasteiger partial charge in [-0.25, -0.2) is 0 Å². The molecule has 0 N–H and O–H groups in total. The third kappa shape index (κ3) is 2.70. The van der Waals surface area contributed by atoms with Gasteiger partial charge in [-0.1, -0.05) is 22.9 Å². The minimum Gasteiger partial charge on any atom is -0.336 e. The Morgan fingerprint density at radius 3 is 2.71 bits per heavy atom. The van der Waals surface area contributed by atoms with Crippen LogP contribution in [0.2, 0.25) is 0 Å². The second-order valence-corrected chi connectivity index (χ2v) is 5.12. The van der Waals surface area contributed by atoms with Crippen LogP contribution in [0.5, 0.6) is 0 Å². The predicted molar refractivity (Wildman–Crippen MR) is 61.7 cm³/mol. The molecule has 82 valence electrons. The smallest absolute Gasteiger partial charge is 0.236 e. The molecule has 2 unspecified atom stereocenters. The number of carbonyl (C=O) groups excluding carboxylic acids is 1. The van der Waals surface area contributed by atoms with E-state index in [0.29, 0.717) is 6.04 Å². The highest BCUT2D eigenvalue weighted by atomic mass is 79.9. The summed E-state index contributed by atoms with van der Waals surface area (Å²) in [6, 6.07) is 0.341. The lowest BCUT2D eigenvalue weighted by atomic mass is 10.1. The molecule has 4 heteroatoms. The van der Waals surface area contributed by atoms with Crippen LogP contribution in [0.15, 0.2) is 0 Å². The van der Waals surface area contributed by atoms with Gasteiger partial charge in [0.15, 0.2) is 0 Å². The molecule has 3 nitrogen and oxygen atoms in total. The van der Waals surface area contributed by atoms with Gasteiger partial charge in [-0.2, -0.15) is 0 Å². The van der Waals surface area contributed by atoms with Gasteiger partial charge in [-0.05, 0) is 20.4 Å². The summed E-state index contributed by atoms with van der Waals surface area (Å²) in [7, 11) is 2.10. The molecule has 0 bridgehead atoms. The van der Waals surface area contributed by atoms with Crippen LogP contribution in [-0.4, -0.2) is 53.3 Å². The van der Waals surface area contributed by atoms with Crippen molar-refractivity contribution in [2.75, 3.05) is 26.7 Å². The molecule has 1 rings (SSSR count). The quantitative estimate of drug-likeness (QED) is 0.701. The van der Waals surface area contributed by atoms with E-state index in [1.807, 2.05) is 11.8 Å². The van der Waals surface area contributed by atoms with Crippen molar-refractivity contribution in [2.45, 2.75) is 31.1 Å². The van der Waals surface area contributed by atoms with Crippen LogP contribution in [0, 0.1) is 0 Å². The molecule has 0 spiro atoms. The van der Waals surface area contributed by atoms with Gasteiger partial charge >= 0.3 is 0 Å². The maximum Gasteiger partial charge on any atom is 0.236 e. The Morgan fingerprint density at radius 1 is 1.57 bits per heavy atom. The Morgan fingerprint density at radius 2 is 2.21 bits per heavy atom. The van der Waals surface area contributed by atoms with E-state index in [1.165, 1.54) is 0 Å². The van der Waals surface area contributed by atoms with Crippen LogP contribution in [0.3, 0.4) is 0 Å². The number of likely N-dealkylation sites (N-methyl/N-ethyl adjacent to an activating group) is 1. The molecule has 1 fully saturated rings. The number of carbonyl (C=O) groups is 1. The summed E-state index contributed by atoms with van der Waals surface area (Å²) in [6.07, 6.45) is 0.859. The summed E-state index contributed by atoms with van der Waals surface area (Å²) in [5.74, 6) is 0.244. The number of piperazine rings is 1. The zero-order valence-electron chi connectivity index (χ0n) is 9.16. The fraction of sp³-hybridized carbons (Fsp3) is 0.900. The highest BCUT2D eigenvalue weighted by Crippen LogP contribution is 2.14. The molecule has 1 aliphatic rings. The molecule has 2 atom stereocenters. The summed E-state index contributed by atoms with van der Waals surface area (Å²) in [4.78, 5) is 16.2. The number of hydrogen-bond donors (Lipinski definition) is 0. The van der Waals surface area contributed by atoms with E-state index >= 15 is 0 Å².